The third-order valence-electron chi connectivity index (χ3n) is 3.42. The molecule has 1 unspecified atom stereocenters. The van der Waals surface area contributed by atoms with Crippen LogP contribution in [0.3, 0.4) is 0 Å². The van der Waals surface area contributed by atoms with E-state index >= 15 is 0 Å². The van der Waals surface area contributed by atoms with Crippen molar-refractivity contribution in [2.24, 2.45) is 5.73 Å². The van der Waals surface area contributed by atoms with Gasteiger partial charge in [0.25, 0.3) is 0 Å². The van der Waals surface area contributed by atoms with E-state index in [0.29, 0.717) is 11.2 Å². The summed E-state index contributed by atoms with van der Waals surface area (Å²) in [6, 6.07) is 8.37. The number of benzene rings is 1. The fourth-order valence-corrected chi connectivity index (χ4v) is 2.97. The lowest BCUT2D eigenvalue weighted by atomic mass is 10.1. The number of nitrogens with two attached hydrogens (primary N) is 1. The van der Waals surface area contributed by atoms with Crippen molar-refractivity contribution in [3.05, 3.63) is 50.3 Å². The summed E-state index contributed by atoms with van der Waals surface area (Å²) >= 11 is 6.81. The average Bonchev–Trinajstić information content (AvgIpc) is 2.70. The molecule has 20 heavy (non-hydrogen) atoms. The standard InChI is InChI=1S/C15H18Br2N2O/c1-9-4-5-12(10(2)6-9)19(3)13(8-18)14-7-11(16)15(17)20-14/h4-7,13H,8,18H2,1-3H3. The van der Waals surface area contributed by atoms with E-state index in [4.69, 9.17) is 10.2 Å². The van der Waals surface area contributed by atoms with Crippen molar-refractivity contribution in [1.82, 2.24) is 0 Å². The molecule has 1 heterocycles. The largest absolute Gasteiger partial charge is 0.451 e. The van der Waals surface area contributed by atoms with Crippen LogP contribution in [-0.4, -0.2) is 13.6 Å². The van der Waals surface area contributed by atoms with E-state index in [-0.39, 0.29) is 6.04 Å². The molecule has 0 aliphatic heterocycles. The first-order valence-electron chi connectivity index (χ1n) is 6.39. The van der Waals surface area contributed by atoms with E-state index in [2.05, 4.69) is 68.8 Å². The molecule has 0 saturated heterocycles. The molecule has 0 bridgehead atoms. The minimum Gasteiger partial charge on any atom is -0.451 e. The van der Waals surface area contributed by atoms with Gasteiger partial charge in [-0.15, -0.1) is 0 Å². The number of anilines is 1. The first-order valence-corrected chi connectivity index (χ1v) is 7.97. The Morgan fingerprint density at radius 2 is 1.95 bits per heavy atom. The highest BCUT2D eigenvalue weighted by Gasteiger charge is 2.22. The molecular weight excluding hydrogens is 384 g/mol. The minimum atomic E-state index is -0.000920. The normalized spacial score (nSPS) is 12.5. The molecule has 1 aromatic carbocycles. The highest BCUT2D eigenvalue weighted by atomic mass is 79.9. The van der Waals surface area contributed by atoms with Crippen LogP contribution < -0.4 is 10.6 Å². The van der Waals surface area contributed by atoms with Gasteiger partial charge in [-0.1, -0.05) is 17.7 Å². The van der Waals surface area contributed by atoms with Crippen LogP contribution in [0.2, 0.25) is 0 Å². The SMILES string of the molecule is Cc1ccc(N(C)C(CN)c2cc(Br)c(Br)o2)c(C)c1. The summed E-state index contributed by atoms with van der Waals surface area (Å²) in [6.07, 6.45) is 0. The van der Waals surface area contributed by atoms with Gasteiger partial charge in [-0.3, -0.25) is 0 Å². The van der Waals surface area contributed by atoms with Crippen LogP contribution in [0.25, 0.3) is 0 Å². The van der Waals surface area contributed by atoms with Crippen molar-refractivity contribution in [3.8, 4) is 0 Å². The molecule has 2 rings (SSSR count). The van der Waals surface area contributed by atoms with E-state index in [1.54, 1.807) is 0 Å². The molecule has 2 N–H and O–H groups in total. The lowest BCUT2D eigenvalue weighted by Gasteiger charge is -2.29. The van der Waals surface area contributed by atoms with Crippen molar-refractivity contribution in [2.45, 2.75) is 19.9 Å². The third-order valence-corrected chi connectivity index (χ3v) is 5.13. The van der Waals surface area contributed by atoms with Crippen LogP contribution in [0.4, 0.5) is 5.69 Å². The predicted octanol–water partition coefficient (Wildman–Crippen LogP) is 4.56. The zero-order valence-corrected chi connectivity index (χ0v) is 15.0. The van der Waals surface area contributed by atoms with Crippen molar-refractivity contribution >= 4 is 37.5 Å². The maximum Gasteiger partial charge on any atom is 0.183 e. The summed E-state index contributed by atoms with van der Waals surface area (Å²) in [6.45, 7) is 4.69. The number of halogens is 2. The van der Waals surface area contributed by atoms with Gasteiger partial charge < -0.3 is 15.1 Å². The second kappa shape index (κ2) is 6.33. The summed E-state index contributed by atoms with van der Waals surface area (Å²) in [4.78, 5) is 2.16. The number of furan rings is 1. The zero-order chi connectivity index (χ0) is 14.9. The molecule has 0 saturated carbocycles. The highest BCUT2D eigenvalue weighted by molar-refractivity contribution is 9.13. The van der Waals surface area contributed by atoms with Crippen molar-refractivity contribution in [2.75, 3.05) is 18.5 Å². The van der Waals surface area contributed by atoms with Crippen molar-refractivity contribution in [1.29, 1.82) is 0 Å². The van der Waals surface area contributed by atoms with Gasteiger partial charge in [-0.2, -0.15) is 0 Å². The fourth-order valence-electron chi connectivity index (χ4n) is 2.36. The Bertz CT molecular complexity index is 590. The molecule has 1 atom stereocenters. The fraction of sp³-hybridized carbons (Fsp3) is 0.333. The monoisotopic (exact) mass is 400 g/mol. The Morgan fingerprint density at radius 3 is 2.45 bits per heavy atom. The topological polar surface area (TPSA) is 42.4 Å². The van der Waals surface area contributed by atoms with Gasteiger partial charge in [0.05, 0.1) is 10.5 Å². The van der Waals surface area contributed by atoms with Crippen molar-refractivity contribution < 1.29 is 4.42 Å². The molecule has 5 heteroatoms. The van der Waals surface area contributed by atoms with Crippen LogP contribution in [0.1, 0.15) is 22.9 Å². The molecule has 0 amide bonds. The van der Waals surface area contributed by atoms with E-state index in [1.165, 1.54) is 11.1 Å². The second-order valence-electron chi connectivity index (χ2n) is 4.92. The van der Waals surface area contributed by atoms with Gasteiger partial charge in [0.15, 0.2) is 4.67 Å². The molecular formula is C15H18Br2N2O. The highest BCUT2D eigenvalue weighted by Crippen LogP contribution is 2.34. The Hall–Kier alpha value is -0.780. The Labute approximate surface area is 136 Å². The summed E-state index contributed by atoms with van der Waals surface area (Å²) in [7, 11) is 2.04. The molecule has 3 nitrogen and oxygen atoms in total. The quantitative estimate of drug-likeness (QED) is 0.816. The van der Waals surface area contributed by atoms with E-state index in [0.717, 1.165) is 15.9 Å². The molecule has 0 radical (unpaired) electrons. The van der Waals surface area contributed by atoms with Gasteiger partial charge in [0, 0.05) is 19.3 Å². The lowest BCUT2D eigenvalue weighted by molar-refractivity contribution is 0.443. The average molecular weight is 402 g/mol. The van der Waals surface area contributed by atoms with Crippen LogP contribution in [0, 0.1) is 13.8 Å². The van der Waals surface area contributed by atoms with Gasteiger partial charge >= 0.3 is 0 Å². The maximum atomic E-state index is 5.95. The van der Waals surface area contributed by atoms with Gasteiger partial charge in [-0.25, -0.2) is 0 Å². The third kappa shape index (κ3) is 3.10. The molecule has 0 aliphatic carbocycles. The Balaban J connectivity index is 2.35. The molecule has 0 spiro atoms. The first-order chi connectivity index (χ1) is 9.43. The first kappa shape index (κ1) is 15.6. The van der Waals surface area contributed by atoms with Crippen LogP contribution >= 0.6 is 31.9 Å². The Kier molecular flexibility index (Phi) is 4.94. The number of hydrogen-bond donors (Lipinski definition) is 1. The number of hydrogen-bond acceptors (Lipinski definition) is 3. The van der Waals surface area contributed by atoms with Crippen molar-refractivity contribution in [3.63, 3.8) is 0 Å². The van der Waals surface area contributed by atoms with Gasteiger partial charge in [0.1, 0.15) is 5.76 Å². The number of likely N-dealkylation sites (N-methyl/N-ethyl adjacent to an activating group) is 1. The summed E-state index contributed by atoms with van der Waals surface area (Å²) in [5, 5.41) is 0. The van der Waals surface area contributed by atoms with Crippen LogP contribution in [0.15, 0.2) is 37.8 Å². The number of aryl methyl sites for hydroxylation is 2. The van der Waals surface area contributed by atoms with E-state index < -0.39 is 0 Å². The van der Waals surface area contributed by atoms with Gasteiger partial charge in [0.2, 0.25) is 0 Å². The number of nitrogens with zero attached hydrogens (tertiary/aromatic N) is 1. The molecule has 0 fully saturated rings. The lowest BCUT2D eigenvalue weighted by Crippen LogP contribution is -2.30. The Morgan fingerprint density at radius 1 is 1.25 bits per heavy atom. The smallest absolute Gasteiger partial charge is 0.183 e. The zero-order valence-electron chi connectivity index (χ0n) is 11.8. The van der Waals surface area contributed by atoms with Crippen LogP contribution in [0.5, 0.6) is 0 Å². The number of rotatable bonds is 4. The summed E-state index contributed by atoms with van der Waals surface area (Å²) < 4.78 is 7.32. The maximum absolute atomic E-state index is 5.95. The molecule has 108 valence electrons. The molecule has 0 aliphatic rings. The second-order valence-corrected chi connectivity index (χ2v) is 6.50. The predicted molar refractivity (Wildman–Crippen MR) is 90.2 cm³/mol. The van der Waals surface area contributed by atoms with E-state index in [1.807, 2.05) is 13.1 Å². The molecule has 2 aromatic rings. The summed E-state index contributed by atoms with van der Waals surface area (Å²) in [5.41, 5.74) is 9.60. The summed E-state index contributed by atoms with van der Waals surface area (Å²) in [5.74, 6) is 0.841. The molecule has 1 aromatic heterocycles. The van der Waals surface area contributed by atoms with Crippen LogP contribution in [-0.2, 0) is 0 Å². The minimum absolute atomic E-state index is 0.000920. The van der Waals surface area contributed by atoms with E-state index in [9.17, 15) is 0 Å². The van der Waals surface area contributed by atoms with Gasteiger partial charge in [-0.05, 0) is 63.4 Å².